The zero-order valence-electron chi connectivity index (χ0n) is 14.8. The van der Waals surface area contributed by atoms with Crippen molar-refractivity contribution in [3.05, 3.63) is 59.1 Å². The molecule has 2 aromatic carbocycles. The van der Waals surface area contributed by atoms with Crippen LogP contribution in [0, 0.1) is 0 Å². The zero-order chi connectivity index (χ0) is 20.7. The number of hydrogen-bond acceptors (Lipinski definition) is 4. The third-order valence-electron chi connectivity index (χ3n) is 3.56. The van der Waals surface area contributed by atoms with Crippen LogP contribution in [-0.2, 0) is 20.5 Å². The molecule has 0 spiro atoms. The molecule has 5 nitrogen and oxygen atoms in total. The Balaban J connectivity index is 1.92. The van der Waals surface area contributed by atoms with Crippen LogP contribution < -0.4 is 10.1 Å². The van der Waals surface area contributed by atoms with Crippen molar-refractivity contribution in [3.63, 3.8) is 0 Å². The van der Waals surface area contributed by atoms with Gasteiger partial charge in [0.1, 0.15) is 5.75 Å². The van der Waals surface area contributed by atoms with Crippen molar-refractivity contribution in [1.82, 2.24) is 0 Å². The second kappa shape index (κ2) is 9.45. The lowest BCUT2D eigenvalue weighted by Crippen LogP contribution is -2.31. The molecule has 9 heteroatoms. The fourth-order valence-electron chi connectivity index (χ4n) is 2.21. The van der Waals surface area contributed by atoms with Crippen LogP contribution in [0.4, 0.5) is 18.9 Å². The van der Waals surface area contributed by atoms with Crippen molar-refractivity contribution >= 4 is 29.2 Å². The van der Waals surface area contributed by atoms with Gasteiger partial charge in [0.25, 0.3) is 5.91 Å². The summed E-state index contributed by atoms with van der Waals surface area (Å²) in [6, 6.07) is 11.5. The van der Waals surface area contributed by atoms with E-state index in [1.165, 1.54) is 6.07 Å². The standard InChI is InChI=1S/C19H17ClF3NO4/c1-2-16(28-13-6-4-3-5-7-13)18(26)27-11-17(25)24-12-8-9-15(20)14(10-12)19(21,22)23/h3-10,16H,2,11H2,1H3,(H,24,25)/t16-/m0/s1. The third kappa shape index (κ3) is 6.16. The Kier molecular flexibility index (Phi) is 7.28. The highest BCUT2D eigenvalue weighted by molar-refractivity contribution is 6.31. The highest BCUT2D eigenvalue weighted by Gasteiger charge is 2.33. The van der Waals surface area contributed by atoms with Gasteiger partial charge in [0.15, 0.2) is 12.7 Å². The topological polar surface area (TPSA) is 64.6 Å². The summed E-state index contributed by atoms with van der Waals surface area (Å²) in [4.78, 5) is 24.0. The molecule has 0 aliphatic heterocycles. The molecule has 1 atom stereocenters. The molecule has 28 heavy (non-hydrogen) atoms. The quantitative estimate of drug-likeness (QED) is 0.666. The van der Waals surface area contributed by atoms with Gasteiger partial charge >= 0.3 is 12.1 Å². The average molecular weight is 416 g/mol. The van der Waals surface area contributed by atoms with E-state index in [4.69, 9.17) is 21.1 Å². The number of benzene rings is 2. The first-order chi connectivity index (χ1) is 13.2. The van der Waals surface area contributed by atoms with Crippen molar-refractivity contribution in [2.24, 2.45) is 0 Å². The number of ether oxygens (including phenoxy) is 2. The molecule has 150 valence electrons. The minimum absolute atomic E-state index is 0.120. The van der Waals surface area contributed by atoms with Crippen LogP contribution in [0.1, 0.15) is 18.9 Å². The second-order valence-corrected chi connectivity index (χ2v) is 6.08. The van der Waals surface area contributed by atoms with Gasteiger partial charge in [-0.05, 0) is 36.8 Å². The summed E-state index contributed by atoms with van der Waals surface area (Å²) in [6.45, 7) is 1.04. The predicted molar refractivity (Wildman–Crippen MR) is 97.2 cm³/mol. The Bertz CT molecular complexity index is 828. The largest absolute Gasteiger partial charge is 0.479 e. The number of nitrogens with one attached hydrogen (secondary N) is 1. The molecule has 1 amide bonds. The summed E-state index contributed by atoms with van der Waals surface area (Å²) in [5, 5.41) is 1.74. The molecule has 0 fully saturated rings. The monoisotopic (exact) mass is 415 g/mol. The fourth-order valence-corrected chi connectivity index (χ4v) is 2.43. The fraction of sp³-hybridized carbons (Fsp3) is 0.263. The minimum Gasteiger partial charge on any atom is -0.479 e. The molecule has 0 unspecified atom stereocenters. The Hall–Kier alpha value is -2.74. The maximum absolute atomic E-state index is 12.8. The van der Waals surface area contributed by atoms with Gasteiger partial charge in [0, 0.05) is 5.69 Å². The van der Waals surface area contributed by atoms with Gasteiger partial charge in [0.05, 0.1) is 10.6 Å². The van der Waals surface area contributed by atoms with Crippen LogP contribution in [0.2, 0.25) is 5.02 Å². The summed E-state index contributed by atoms with van der Waals surface area (Å²) in [5.74, 6) is -1.08. The number of carbonyl (C=O) groups is 2. The summed E-state index contributed by atoms with van der Waals surface area (Å²) in [7, 11) is 0. The third-order valence-corrected chi connectivity index (χ3v) is 3.89. The van der Waals surface area contributed by atoms with E-state index < -0.39 is 41.3 Å². The van der Waals surface area contributed by atoms with E-state index in [1.54, 1.807) is 37.3 Å². The molecule has 0 saturated heterocycles. The molecule has 2 rings (SSSR count). The maximum atomic E-state index is 12.8. The number of amides is 1. The number of anilines is 1. The highest BCUT2D eigenvalue weighted by atomic mass is 35.5. The number of halogens is 4. The van der Waals surface area contributed by atoms with Crippen LogP contribution in [0.15, 0.2) is 48.5 Å². The lowest BCUT2D eigenvalue weighted by atomic mass is 10.2. The Labute approximate surface area is 164 Å². The molecule has 0 heterocycles. The van der Waals surface area contributed by atoms with Gasteiger partial charge in [0.2, 0.25) is 0 Å². The summed E-state index contributed by atoms with van der Waals surface area (Å²) in [5.41, 5.74) is -1.20. The van der Waals surface area contributed by atoms with Gasteiger partial charge in [-0.3, -0.25) is 4.79 Å². The summed E-state index contributed by atoms with van der Waals surface area (Å²) >= 11 is 5.52. The van der Waals surface area contributed by atoms with Crippen molar-refractivity contribution in [2.45, 2.75) is 25.6 Å². The van der Waals surface area contributed by atoms with Crippen LogP contribution >= 0.6 is 11.6 Å². The average Bonchev–Trinajstić information content (AvgIpc) is 2.65. The number of rotatable bonds is 7. The lowest BCUT2D eigenvalue weighted by molar-refractivity contribution is -0.154. The molecule has 2 aromatic rings. The first-order valence-electron chi connectivity index (χ1n) is 8.25. The van der Waals surface area contributed by atoms with Crippen LogP contribution in [0.5, 0.6) is 5.75 Å². The Morgan fingerprint density at radius 2 is 1.82 bits per heavy atom. The van der Waals surface area contributed by atoms with Crippen LogP contribution in [0.25, 0.3) is 0 Å². The van der Waals surface area contributed by atoms with E-state index in [0.717, 1.165) is 6.07 Å². The van der Waals surface area contributed by atoms with Crippen molar-refractivity contribution in [3.8, 4) is 5.75 Å². The van der Waals surface area contributed by atoms with Crippen molar-refractivity contribution < 1.29 is 32.2 Å². The second-order valence-electron chi connectivity index (χ2n) is 5.68. The Morgan fingerprint density at radius 3 is 2.43 bits per heavy atom. The first kappa shape index (κ1) is 21.6. The molecule has 0 aliphatic rings. The van der Waals surface area contributed by atoms with E-state index in [-0.39, 0.29) is 5.69 Å². The van der Waals surface area contributed by atoms with Gasteiger partial charge in [-0.2, -0.15) is 13.2 Å². The molecular formula is C19H17ClF3NO4. The lowest BCUT2D eigenvalue weighted by Gasteiger charge is -2.16. The molecule has 0 bridgehead atoms. The SMILES string of the molecule is CC[C@H](Oc1ccccc1)C(=O)OCC(=O)Nc1ccc(Cl)c(C(F)(F)F)c1. The van der Waals surface area contributed by atoms with E-state index in [0.29, 0.717) is 18.2 Å². The normalized spacial score (nSPS) is 12.2. The molecule has 0 aliphatic carbocycles. The van der Waals surface area contributed by atoms with E-state index in [2.05, 4.69) is 5.32 Å². The van der Waals surface area contributed by atoms with Gasteiger partial charge in [-0.25, -0.2) is 4.79 Å². The first-order valence-corrected chi connectivity index (χ1v) is 8.63. The molecule has 0 aromatic heterocycles. The molecule has 1 N–H and O–H groups in total. The van der Waals surface area contributed by atoms with E-state index in [9.17, 15) is 22.8 Å². The van der Waals surface area contributed by atoms with Crippen LogP contribution in [-0.4, -0.2) is 24.6 Å². The number of hydrogen-bond donors (Lipinski definition) is 1. The number of esters is 1. The van der Waals surface area contributed by atoms with Gasteiger partial charge in [-0.15, -0.1) is 0 Å². The maximum Gasteiger partial charge on any atom is 0.417 e. The Morgan fingerprint density at radius 1 is 1.14 bits per heavy atom. The summed E-state index contributed by atoms with van der Waals surface area (Å²) < 4.78 is 48.9. The minimum atomic E-state index is -4.66. The van der Waals surface area contributed by atoms with Crippen LogP contribution in [0.3, 0.4) is 0 Å². The van der Waals surface area contributed by atoms with Crippen molar-refractivity contribution in [1.29, 1.82) is 0 Å². The van der Waals surface area contributed by atoms with E-state index in [1.807, 2.05) is 0 Å². The molecular weight excluding hydrogens is 399 g/mol. The van der Waals surface area contributed by atoms with Crippen molar-refractivity contribution in [2.75, 3.05) is 11.9 Å². The van der Waals surface area contributed by atoms with E-state index >= 15 is 0 Å². The molecule has 0 saturated carbocycles. The van der Waals surface area contributed by atoms with Gasteiger partial charge < -0.3 is 14.8 Å². The number of carbonyl (C=O) groups excluding carboxylic acids is 2. The van der Waals surface area contributed by atoms with Gasteiger partial charge in [-0.1, -0.05) is 36.7 Å². The molecule has 0 radical (unpaired) electrons. The summed E-state index contributed by atoms with van der Waals surface area (Å²) in [6.07, 6.45) is -5.27. The zero-order valence-corrected chi connectivity index (χ0v) is 15.5. The smallest absolute Gasteiger partial charge is 0.417 e. The number of alkyl halides is 3. The number of para-hydroxylation sites is 1. The highest BCUT2D eigenvalue weighted by Crippen LogP contribution is 2.36. The predicted octanol–water partition coefficient (Wildman–Crippen LogP) is 4.70.